The second kappa shape index (κ2) is 6.65. The Balaban J connectivity index is 1.41. The predicted octanol–water partition coefficient (Wildman–Crippen LogP) is 2.82. The van der Waals surface area contributed by atoms with Crippen LogP contribution in [0.4, 0.5) is 0 Å². The van der Waals surface area contributed by atoms with Crippen molar-refractivity contribution in [1.82, 2.24) is 19.9 Å². The van der Waals surface area contributed by atoms with Crippen molar-refractivity contribution in [3.05, 3.63) is 47.7 Å². The summed E-state index contributed by atoms with van der Waals surface area (Å²) in [5.41, 5.74) is 2.73. The lowest BCUT2D eigenvalue weighted by atomic mass is 9.95. The van der Waals surface area contributed by atoms with E-state index in [4.69, 9.17) is 16.6 Å². The number of nitrogens with zero attached hydrogens (tertiary/aromatic N) is 3. The largest absolute Gasteiger partial charge is 0.391 e. The summed E-state index contributed by atoms with van der Waals surface area (Å²) in [6.07, 6.45) is 3.64. The first kappa shape index (κ1) is 17.8. The van der Waals surface area contributed by atoms with Crippen LogP contribution in [0.3, 0.4) is 0 Å². The van der Waals surface area contributed by atoms with E-state index in [9.17, 15) is 9.90 Å². The fourth-order valence-corrected chi connectivity index (χ4v) is 4.57. The van der Waals surface area contributed by atoms with Gasteiger partial charge < -0.3 is 15.0 Å². The van der Waals surface area contributed by atoms with E-state index in [1.807, 2.05) is 36.4 Å². The molecular weight excluding hydrogens is 376 g/mol. The quantitative estimate of drug-likeness (QED) is 0.708. The molecule has 3 aromatic rings. The molecule has 28 heavy (non-hydrogen) atoms. The topological polar surface area (TPSA) is 80.0 Å². The van der Waals surface area contributed by atoms with Crippen LogP contribution in [0.1, 0.15) is 19.3 Å². The first-order valence-electron chi connectivity index (χ1n) is 9.60. The summed E-state index contributed by atoms with van der Waals surface area (Å²) in [5, 5.41) is 14.4. The van der Waals surface area contributed by atoms with E-state index in [2.05, 4.69) is 10.3 Å². The third-order valence-electron chi connectivity index (χ3n) is 6.00. The van der Waals surface area contributed by atoms with E-state index in [0.717, 1.165) is 36.2 Å². The molecule has 2 aliphatic rings. The number of benzene rings is 1. The molecule has 2 N–H and O–H groups in total. The van der Waals surface area contributed by atoms with Gasteiger partial charge in [-0.1, -0.05) is 23.7 Å². The number of aliphatic hydroxyl groups excluding tert-OH is 1. The number of carbonyl (C=O) groups is 1. The third kappa shape index (κ3) is 2.92. The average molecular weight is 397 g/mol. The number of pyridine rings is 1. The van der Waals surface area contributed by atoms with Crippen molar-refractivity contribution in [3.8, 4) is 11.3 Å². The maximum Gasteiger partial charge on any atom is 0.160 e. The van der Waals surface area contributed by atoms with E-state index in [-0.39, 0.29) is 18.2 Å². The normalized spacial score (nSPS) is 26.6. The molecule has 5 rings (SSSR count). The van der Waals surface area contributed by atoms with E-state index < -0.39 is 11.6 Å². The molecule has 6 nitrogen and oxygen atoms in total. The number of hydrogen-bond acceptors (Lipinski definition) is 5. The van der Waals surface area contributed by atoms with Crippen molar-refractivity contribution < 1.29 is 9.90 Å². The first-order valence-corrected chi connectivity index (χ1v) is 9.98. The highest BCUT2D eigenvalue weighted by atomic mass is 35.5. The summed E-state index contributed by atoms with van der Waals surface area (Å²) in [4.78, 5) is 22.0. The van der Waals surface area contributed by atoms with Gasteiger partial charge in [-0.15, -0.1) is 0 Å². The summed E-state index contributed by atoms with van der Waals surface area (Å²) in [6.45, 7) is 1.07. The number of ketones is 1. The summed E-state index contributed by atoms with van der Waals surface area (Å²) in [5.74, 6) is -0.0286. The first-order chi connectivity index (χ1) is 13.6. The Morgan fingerprint density at radius 3 is 3.07 bits per heavy atom. The number of rotatable bonds is 4. The molecule has 1 saturated heterocycles. The molecule has 1 aromatic carbocycles. The lowest BCUT2D eigenvalue weighted by Crippen LogP contribution is -2.49. The van der Waals surface area contributed by atoms with Gasteiger partial charge in [0.25, 0.3) is 0 Å². The van der Waals surface area contributed by atoms with Gasteiger partial charge >= 0.3 is 0 Å². The molecule has 0 radical (unpaired) electrons. The van der Waals surface area contributed by atoms with Gasteiger partial charge in [0.1, 0.15) is 5.52 Å². The molecule has 7 heteroatoms. The number of halogens is 1. The molecule has 3 heterocycles. The number of piperidine rings is 1. The Labute approximate surface area is 167 Å². The number of nitrogens with one attached hydrogen (secondary N) is 1. The number of aliphatic hydroxyl groups is 1. The number of aromatic nitrogens is 3. The van der Waals surface area contributed by atoms with Crippen molar-refractivity contribution in [2.75, 3.05) is 6.54 Å². The number of imidazole rings is 1. The van der Waals surface area contributed by atoms with Crippen LogP contribution in [0.25, 0.3) is 22.4 Å². The molecule has 1 spiro atoms. The Hall–Kier alpha value is -2.28. The monoisotopic (exact) mass is 396 g/mol. The summed E-state index contributed by atoms with van der Waals surface area (Å²) in [7, 11) is 0. The molecule has 1 aliphatic carbocycles. The highest BCUT2D eigenvalue weighted by molar-refractivity contribution is 6.30. The van der Waals surface area contributed by atoms with Gasteiger partial charge in [0.05, 0.1) is 30.2 Å². The Kier molecular flexibility index (Phi) is 4.23. The Morgan fingerprint density at radius 1 is 1.36 bits per heavy atom. The molecule has 2 aromatic heterocycles. The SMILES string of the molecule is O=C(Cn1cnc2ccc(-c3cccc(Cl)c3)nc21)C1C[C@@]12NCCC[C@@H]2O. The molecule has 1 unspecified atom stereocenters. The second-order valence-corrected chi connectivity index (χ2v) is 8.21. The van der Waals surface area contributed by atoms with E-state index in [0.29, 0.717) is 17.1 Å². The zero-order valence-corrected chi connectivity index (χ0v) is 16.1. The van der Waals surface area contributed by atoms with Crippen LogP contribution in [-0.2, 0) is 11.3 Å². The van der Waals surface area contributed by atoms with Gasteiger partial charge in [0.2, 0.25) is 0 Å². The van der Waals surface area contributed by atoms with E-state index in [1.54, 1.807) is 10.9 Å². The minimum Gasteiger partial charge on any atom is -0.391 e. The molecule has 0 amide bonds. The number of carbonyl (C=O) groups excluding carboxylic acids is 1. The van der Waals surface area contributed by atoms with Gasteiger partial charge in [-0.05, 0) is 50.1 Å². The zero-order valence-electron chi connectivity index (χ0n) is 15.3. The Bertz CT molecular complexity index is 1070. The highest BCUT2D eigenvalue weighted by Gasteiger charge is 2.62. The van der Waals surface area contributed by atoms with Crippen molar-refractivity contribution in [3.63, 3.8) is 0 Å². The van der Waals surface area contributed by atoms with Crippen LogP contribution in [0.2, 0.25) is 5.02 Å². The molecule has 0 bridgehead atoms. The van der Waals surface area contributed by atoms with Crippen molar-refractivity contribution in [1.29, 1.82) is 0 Å². The fraction of sp³-hybridized carbons (Fsp3) is 0.381. The molecule has 3 atom stereocenters. The lowest BCUT2D eigenvalue weighted by Gasteiger charge is -2.30. The maximum atomic E-state index is 12.9. The molecule has 1 saturated carbocycles. The van der Waals surface area contributed by atoms with Crippen molar-refractivity contribution in [2.24, 2.45) is 5.92 Å². The summed E-state index contributed by atoms with van der Waals surface area (Å²) in [6, 6.07) is 11.3. The van der Waals surface area contributed by atoms with Gasteiger partial charge in [0.15, 0.2) is 11.4 Å². The summed E-state index contributed by atoms with van der Waals surface area (Å²) >= 11 is 6.10. The molecular formula is C21H21ClN4O2. The molecule has 144 valence electrons. The fourth-order valence-electron chi connectivity index (χ4n) is 4.38. The van der Waals surface area contributed by atoms with Crippen molar-refractivity contribution in [2.45, 2.75) is 37.5 Å². The molecule has 2 fully saturated rings. The van der Waals surface area contributed by atoms with Gasteiger partial charge in [-0.3, -0.25) is 4.79 Å². The highest BCUT2D eigenvalue weighted by Crippen LogP contribution is 2.49. The number of hydrogen-bond donors (Lipinski definition) is 2. The number of Topliss-reactive ketones (excluding diaryl/α,β-unsaturated/α-hetero) is 1. The van der Waals surface area contributed by atoms with Gasteiger partial charge in [0, 0.05) is 16.5 Å². The van der Waals surface area contributed by atoms with Crippen LogP contribution >= 0.6 is 11.6 Å². The van der Waals surface area contributed by atoms with Crippen LogP contribution in [0, 0.1) is 5.92 Å². The van der Waals surface area contributed by atoms with Crippen LogP contribution in [-0.4, -0.2) is 43.6 Å². The van der Waals surface area contributed by atoms with E-state index in [1.165, 1.54) is 0 Å². The van der Waals surface area contributed by atoms with Gasteiger partial charge in [-0.2, -0.15) is 0 Å². The second-order valence-electron chi connectivity index (χ2n) is 7.77. The van der Waals surface area contributed by atoms with Crippen LogP contribution < -0.4 is 5.32 Å². The van der Waals surface area contributed by atoms with Gasteiger partial charge in [-0.25, -0.2) is 9.97 Å². The minimum absolute atomic E-state index is 0.114. The van der Waals surface area contributed by atoms with Crippen LogP contribution in [0.15, 0.2) is 42.7 Å². The summed E-state index contributed by atoms with van der Waals surface area (Å²) < 4.78 is 1.80. The Morgan fingerprint density at radius 2 is 2.25 bits per heavy atom. The standard InChI is InChI=1S/C21H21ClN4O2/c22-14-4-1-3-13(9-14)16-6-7-17-20(25-16)26(12-23-17)11-18(27)15-10-21(15)19(28)5-2-8-24-21/h1,3-4,6-7,9,12,15,19,24,28H,2,5,8,10-11H2/t15?,19-,21+/m0/s1. The van der Waals surface area contributed by atoms with Crippen LogP contribution in [0.5, 0.6) is 0 Å². The lowest BCUT2D eigenvalue weighted by molar-refractivity contribution is -0.122. The maximum absolute atomic E-state index is 12.9. The minimum atomic E-state index is -0.442. The predicted molar refractivity (Wildman–Crippen MR) is 107 cm³/mol. The number of fused-ring (bicyclic) bond motifs is 1. The van der Waals surface area contributed by atoms with E-state index >= 15 is 0 Å². The molecule has 1 aliphatic heterocycles. The van der Waals surface area contributed by atoms with Crippen molar-refractivity contribution >= 4 is 28.5 Å². The zero-order chi connectivity index (χ0) is 19.3. The average Bonchev–Trinajstić information content (AvgIpc) is 3.29. The smallest absolute Gasteiger partial charge is 0.160 e. The third-order valence-corrected chi connectivity index (χ3v) is 6.24.